The lowest BCUT2D eigenvalue weighted by molar-refractivity contribution is 0.0936. The number of carbonyl (C=O) groups excluding carboxylic acids is 2. The summed E-state index contributed by atoms with van der Waals surface area (Å²) in [5.41, 5.74) is 2.08. The second-order valence-corrected chi connectivity index (χ2v) is 7.40. The van der Waals surface area contributed by atoms with Crippen molar-refractivity contribution in [3.05, 3.63) is 69.7 Å². The van der Waals surface area contributed by atoms with Crippen LogP contribution in [0, 0.1) is 6.92 Å². The minimum Gasteiger partial charge on any atom is -0.486 e. The number of benzene rings is 2. The van der Waals surface area contributed by atoms with Crippen LogP contribution in [0.3, 0.4) is 0 Å². The average Bonchev–Trinajstić information content (AvgIpc) is 3.23. The summed E-state index contributed by atoms with van der Waals surface area (Å²) in [6.07, 6.45) is 0. The molecule has 2 aromatic carbocycles. The van der Waals surface area contributed by atoms with Gasteiger partial charge in [0.2, 0.25) is 5.01 Å². The van der Waals surface area contributed by atoms with E-state index in [2.05, 4.69) is 20.8 Å². The van der Waals surface area contributed by atoms with E-state index in [-0.39, 0.29) is 23.4 Å². The number of hydrogen-bond donors (Lipinski definition) is 2. The minimum atomic E-state index is -0.369. The number of ether oxygens (including phenoxy) is 2. The lowest BCUT2D eigenvalue weighted by Crippen LogP contribution is -2.26. The maximum absolute atomic E-state index is 12.4. The molecule has 8 nitrogen and oxygen atoms in total. The summed E-state index contributed by atoms with van der Waals surface area (Å²) in [7, 11) is 1.57. The molecule has 0 bridgehead atoms. The van der Waals surface area contributed by atoms with E-state index in [1.807, 2.05) is 31.2 Å². The first-order valence-corrected chi connectivity index (χ1v) is 10.1. The molecule has 0 saturated carbocycles. The van der Waals surface area contributed by atoms with Crippen LogP contribution in [-0.4, -0.2) is 42.3 Å². The van der Waals surface area contributed by atoms with Gasteiger partial charge in [-0.15, -0.1) is 10.2 Å². The summed E-state index contributed by atoms with van der Waals surface area (Å²) in [5, 5.41) is 14.3. The quantitative estimate of drug-likeness (QED) is 0.510. The minimum absolute atomic E-state index is 0.202. The van der Waals surface area contributed by atoms with Gasteiger partial charge in [-0.25, -0.2) is 0 Å². The highest BCUT2D eigenvalue weighted by Crippen LogP contribution is 2.20. The predicted molar refractivity (Wildman–Crippen MR) is 114 cm³/mol. The van der Waals surface area contributed by atoms with Crippen molar-refractivity contribution in [3.8, 4) is 5.75 Å². The first-order valence-electron chi connectivity index (χ1n) is 9.26. The monoisotopic (exact) mass is 426 g/mol. The molecule has 0 fully saturated rings. The molecule has 30 heavy (non-hydrogen) atoms. The van der Waals surface area contributed by atoms with Gasteiger partial charge < -0.3 is 20.1 Å². The Morgan fingerprint density at radius 1 is 1.03 bits per heavy atom. The van der Waals surface area contributed by atoms with E-state index < -0.39 is 0 Å². The molecule has 0 atom stereocenters. The van der Waals surface area contributed by atoms with E-state index in [1.165, 1.54) is 11.3 Å². The molecular weight excluding hydrogens is 404 g/mol. The standard InChI is InChI=1S/C21H22N4O4S/c1-14-5-3-4-6-17(14)29-13-18-24-25-21(30-18)20(27)23-16-9-7-15(8-10-16)19(26)22-11-12-28-2/h3-10H,11-13H2,1-2H3,(H,22,26)(H,23,27). The number of amides is 2. The highest BCUT2D eigenvalue weighted by atomic mass is 32.1. The van der Waals surface area contributed by atoms with Crippen LogP contribution in [-0.2, 0) is 11.3 Å². The number of para-hydroxylation sites is 1. The number of anilines is 1. The maximum Gasteiger partial charge on any atom is 0.286 e. The zero-order chi connectivity index (χ0) is 21.3. The molecule has 0 spiro atoms. The zero-order valence-electron chi connectivity index (χ0n) is 16.7. The number of methoxy groups -OCH3 is 1. The van der Waals surface area contributed by atoms with Crippen molar-refractivity contribution in [3.63, 3.8) is 0 Å². The SMILES string of the molecule is COCCNC(=O)c1ccc(NC(=O)c2nnc(COc3ccccc3C)s2)cc1. The van der Waals surface area contributed by atoms with Crippen LogP contribution in [0.5, 0.6) is 5.75 Å². The number of nitrogens with zero attached hydrogens (tertiary/aromatic N) is 2. The summed E-state index contributed by atoms with van der Waals surface area (Å²) in [4.78, 5) is 24.4. The van der Waals surface area contributed by atoms with Gasteiger partial charge in [0.25, 0.3) is 11.8 Å². The molecule has 9 heteroatoms. The Bertz CT molecular complexity index is 1000. The fourth-order valence-electron chi connectivity index (χ4n) is 2.52. The Morgan fingerprint density at radius 2 is 1.80 bits per heavy atom. The van der Waals surface area contributed by atoms with E-state index in [0.29, 0.717) is 29.4 Å². The van der Waals surface area contributed by atoms with Crippen molar-refractivity contribution in [2.45, 2.75) is 13.5 Å². The van der Waals surface area contributed by atoms with Crippen LogP contribution in [0.1, 0.15) is 30.7 Å². The summed E-state index contributed by atoms with van der Waals surface area (Å²) < 4.78 is 10.6. The van der Waals surface area contributed by atoms with Crippen LogP contribution in [0.2, 0.25) is 0 Å². The van der Waals surface area contributed by atoms with Crippen LogP contribution in [0.4, 0.5) is 5.69 Å². The molecule has 0 aliphatic carbocycles. The Labute approximate surface area is 178 Å². The van der Waals surface area contributed by atoms with Crippen molar-refractivity contribution in [2.75, 3.05) is 25.6 Å². The number of rotatable bonds is 9. The molecule has 0 saturated heterocycles. The molecule has 2 N–H and O–H groups in total. The third kappa shape index (κ3) is 5.85. The first kappa shape index (κ1) is 21.4. The van der Waals surface area contributed by atoms with Gasteiger partial charge in [-0.1, -0.05) is 29.5 Å². The molecule has 3 rings (SSSR count). The first-order chi connectivity index (χ1) is 14.6. The van der Waals surface area contributed by atoms with Crippen molar-refractivity contribution in [1.82, 2.24) is 15.5 Å². The Kier molecular flexibility index (Phi) is 7.47. The maximum atomic E-state index is 12.4. The van der Waals surface area contributed by atoms with Gasteiger partial charge in [-0.2, -0.15) is 0 Å². The predicted octanol–water partition coefficient (Wildman–Crippen LogP) is 3.05. The lowest BCUT2D eigenvalue weighted by Gasteiger charge is -2.06. The van der Waals surface area contributed by atoms with Crippen molar-refractivity contribution < 1.29 is 19.1 Å². The van der Waals surface area contributed by atoms with Gasteiger partial charge in [-0.05, 0) is 42.8 Å². The molecule has 1 heterocycles. The van der Waals surface area contributed by atoms with Crippen molar-refractivity contribution >= 4 is 28.8 Å². The largest absolute Gasteiger partial charge is 0.486 e. The Balaban J connectivity index is 1.53. The molecule has 0 aliphatic rings. The fourth-order valence-corrected chi connectivity index (χ4v) is 3.17. The van der Waals surface area contributed by atoms with E-state index in [4.69, 9.17) is 9.47 Å². The summed E-state index contributed by atoms with van der Waals surface area (Å²) in [6, 6.07) is 14.3. The molecule has 2 amide bonds. The van der Waals surface area contributed by atoms with Gasteiger partial charge in [0.1, 0.15) is 12.4 Å². The molecule has 3 aromatic rings. The number of aryl methyl sites for hydroxylation is 1. The molecule has 0 aliphatic heterocycles. The number of nitrogens with one attached hydrogen (secondary N) is 2. The molecule has 156 valence electrons. The van der Waals surface area contributed by atoms with E-state index in [0.717, 1.165) is 11.3 Å². The third-order valence-electron chi connectivity index (χ3n) is 4.10. The second-order valence-electron chi connectivity index (χ2n) is 6.34. The van der Waals surface area contributed by atoms with E-state index in [1.54, 1.807) is 31.4 Å². The van der Waals surface area contributed by atoms with E-state index >= 15 is 0 Å². The number of carbonyl (C=O) groups is 2. The van der Waals surface area contributed by atoms with Gasteiger partial charge in [0.05, 0.1) is 6.61 Å². The molecule has 0 unspecified atom stereocenters. The van der Waals surface area contributed by atoms with Crippen molar-refractivity contribution in [2.24, 2.45) is 0 Å². The lowest BCUT2D eigenvalue weighted by atomic mass is 10.2. The van der Waals surface area contributed by atoms with Crippen LogP contribution in [0.25, 0.3) is 0 Å². The van der Waals surface area contributed by atoms with Gasteiger partial charge in [0, 0.05) is 24.9 Å². The Hall–Kier alpha value is -3.30. The summed E-state index contributed by atoms with van der Waals surface area (Å²) in [5.74, 6) is 0.198. The fraction of sp³-hybridized carbons (Fsp3) is 0.238. The Morgan fingerprint density at radius 3 is 2.53 bits per heavy atom. The van der Waals surface area contributed by atoms with Gasteiger partial charge in [-0.3, -0.25) is 9.59 Å². The zero-order valence-corrected chi connectivity index (χ0v) is 17.5. The molecular formula is C21H22N4O4S. The number of aromatic nitrogens is 2. The topological polar surface area (TPSA) is 102 Å². The second kappa shape index (κ2) is 10.5. The van der Waals surface area contributed by atoms with Crippen LogP contribution >= 0.6 is 11.3 Å². The van der Waals surface area contributed by atoms with Gasteiger partial charge in [0.15, 0.2) is 5.01 Å². The van der Waals surface area contributed by atoms with Crippen LogP contribution in [0.15, 0.2) is 48.5 Å². The molecule has 0 radical (unpaired) electrons. The highest BCUT2D eigenvalue weighted by Gasteiger charge is 2.14. The smallest absolute Gasteiger partial charge is 0.286 e. The van der Waals surface area contributed by atoms with Gasteiger partial charge >= 0.3 is 0 Å². The number of hydrogen-bond acceptors (Lipinski definition) is 7. The third-order valence-corrected chi connectivity index (χ3v) is 5.00. The van der Waals surface area contributed by atoms with E-state index in [9.17, 15) is 9.59 Å². The van der Waals surface area contributed by atoms with Crippen molar-refractivity contribution in [1.29, 1.82) is 0 Å². The van der Waals surface area contributed by atoms with Crippen LogP contribution < -0.4 is 15.4 Å². The summed E-state index contributed by atoms with van der Waals surface area (Å²) in [6.45, 7) is 3.08. The molecule has 1 aromatic heterocycles. The summed E-state index contributed by atoms with van der Waals surface area (Å²) >= 11 is 1.17. The average molecular weight is 426 g/mol. The normalized spacial score (nSPS) is 10.5. The highest BCUT2D eigenvalue weighted by molar-refractivity contribution is 7.13.